The Morgan fingerprint density at radius 1 is 1.14 bits per heavy atom. The van der Waals surface area contributed by atoms with Crippen LogP contribution in [0.15, 0.2) is 53.0 Å². The number of rotatable bonds is 7. The minimum Gasteiger partial charge on any atom is -0.507 e. The van der Waals surface area contributed by atoms with Gasteiger partial charge in [0.2, 0.25) is 5.91 Å². The van der Waals surface area contributed by atoms with E-state index in [9.17, 15) is 9.90 Å². The molecule has 156 valence electrons. The molecular formula is C23H32N4O2. The van der Waals surface area contributed by atoms with Gasteiger partial charge in [-0.2, -0.15) is 0 Å². The first kappa shape index (κ1) is 21.1. The summed E-state index contributed by atoms with van der Waals surface area (Å²) in [6.45, 7) is 5.11. The first-order valence-corrected chi connectivity index (χ1v) is 10.3. The third-order valence-electron chi connectivity index (χ3n) is 5.65. The van der Waals surface area contributed by atoms with Gasteiger partial charge in [0.05, 0.1) is 12.3 Å². The van der Waals surface area contributed by atoms with Gasteiger partial charge in [-0.1, -0.05) is 29.8 Å². The SMILES string of the molecule is Cc1ccc(CN2CCC(N(C)CCN(C)C3=C/CC/C=C(O)/C=N\3)C2=O)cc1. The molecule has 29 heavy (non-hydrogen) atoms. The van der Waals surface area contributed by atoms with Crippen molar-refractivity contribution in [3.8, 4) is 0 Å². The van der Waals surface area contributed by atoms with Crippen LogP contribution in [0.4, 0.5) is 0 Å². The lowest BCUT2D eigenvalue weighted by molar-refractivity contribution is -0.132. The summed E-state index contributed by atoms with van der Waals surface area (Å²) in [5.41, 5.74) is 2.41. The van der Waals surface area contributed by atoms with Crippen molar-refractivity contribution in [1.29, 1.82) is 0 Å². The average molecular weight is 397 g/mol. The summed E-state index contributed by atoms with van der Waals surface area (Å²) in [4.78, 5) is 23.5. The van der Waals surface area contributed by atoms with Gasteiger partial charge in [0.15, 0.2) is 0 Å². The van der Waals surface area contributed by atoms with Crippen LogP contribution in [0.5, 0.6) is 0 Å². The number of likely N-dealkylation sites (tertiary alicyclic amines) is 1. The van der Waals surface area contributed by atoms with E-state index >= 15 is 0 Å². The molecule has 1 aromatic carbocycles. The van der Waals surface area contributed by atoms with E-state index in [2.05, 4.69) is 52.1 Å². The minimum atomic E-state index is -0.0596. The van der Waals surface area contributed by atoms with Gasteiger partial charge in [0, 0.05) is 33.2 Å². The molecule has 0 radical (unpaired) electrons. The second-order valence-electron chi connectivity index (χ2n) is 7.98. The highest BCUT2D eigenvalue weighted by Gasteiger charge is 2.34. The standard InChI is InChI=1S/C23H32N4O2/c1-18-8-10-19(11-9-18)17-27-13-12-21(23(27)29)25(2)14-15-26(3)22-7-5-4-6-20(28)16-24-22/h6-11,16,21,28H,4-5,12-15,17H2,1-3H3/b20-6-,22-7+,24-16-. The predicted molar refractivity (Wildman–Crippen MR) is 117 cm³/mol. The number of likely N-dealkylation sites (N-methyl/N-ethyl adjacent to an activating group) is 2. The van der Waals surface area contributed by atoms with E-state index in [1.54, 1.807) is 6.08 Å². The Balaban J connectivity index is 1.51. The molecule has 0 saturated carbocycles. The van der Waals surface area contributed by atoms with E-state index in [0.717, 1.165) is 44.7 Å². The van der Waals surface area contributed by atoms with Crippen molar-refractivity contribution >= 4 is 12.1 Å². The van der Waals surface area contributed by atoms with Crippen LogP contribution in [0.2, 0.25) is 0 Å². The lowest BCUT2D eigenvalue weighted by atomic mass is 10.1. The third kappa shape index (κ3) is 5.70. The number of benzene rings is 1. The van der Waals surface area contributed by atoms with Gasteiger partial charge in [0.1, 0.15) is 11.6 Å². The molecule has 1 N–H and O–H groups in total. The van der Waals surface area contributed by atoms with Crippen LogP contribution < -0.4 is 0 Å². The molecule has 0 aromatic heterocycles. The van der Waals surface area contributed by atoms with E-state index < -0.39 is 0 Å². The fourth-order valence-corrected chi connectivity index (χ4v) is 3.72. The summed E-state index contributed by atoms with van der Waals surface area (Å²) in [7, 11) is 4.02. The first-order valence-electron chi connectivity index (χ1n) is 10.3. The highest BCUT2D eigenvalue weighted by molar-refractivity contribution is 5.84. The summed E-state index contributed by atoms with van der Waals surface area (Å²) in [6, 6.07) is 8.33. The molecule has 1 atom stereocenters. The van der Waals surface area contributed by atoms with Gasteiger partial charge in [0.25, 0.3) is 0 Å². The van der Waals surface area contributed by atoms with Crippen molar-refractivity contribution < 1.29 is 9.90 Å². The molecule has 1 fully saturated rings. The highest BCUT2D eigenvalue weighted by atomic mass is 16.3. The van der Waals surface area contributed by atoms with Crippen molar-refractivity contribution in [1.82, 2.24) is 14.7 Å². The molecule has 1 amide bonds. The van der Waals surface area contributed by atoms with Crippen LogP contribution in [0, 0.1) is 6.92 Å². The molecule has 2 aliphatic rings. The van der Waals surface area contributed by atoms with E-state index in [0.29, 0.717) is 6.54 Å². The molecule has 0 aliphatic carbocycles. The number of hydrogen-bond donors (Lipinski definition) is 1. The second kappa shape index (κ2) is 9.74. The van der Waals surface area contributed by atoms with Crippen molar-refractivity contribution in [2.75, 3.05) is 33.7 Å². The number of allylic oxidation sites excluding steroid dienone is 3. The van der Waals surface area contributed by atoms with E-state index in [1.165, 1.54) is 17.3 Å². The van der Waals surface area contributed by atoms with Gasteiger partial charge in [-0.3, -0.25) is 9.69 Å². The van der Waals surface area contributed by atoms with Gasteiger partial charge in [-0.25, -0.2) is 4.99 Å². The van der Waals surface area contributed by atoms with E-state index in [4.69, 9.17) is 0 Å². The van der Waals surface area contributed by atoms with Gasteiger partial charge >= 0.3 is 0 Å². The average Bonchev–Trinajstić information content (AvgIpc) is 3.05. The maximum Gasteiger partial charge on any atom is 0.240 e. The molecule has 2 aliphatic heterocycles. The molecule has 6 heteroatoms. The third-order valence-corrected chi connectivity index (χ3v) is 5.65. The summed E-state index contributed by atoms with van der Waals surface area (Å²) in [6.07, 6.45) is 7.88. The summed E-state index contributed by atoms with van der Waals surface area (Å²) >= 11 is 0. The maximum atomic E-state index is 12.9. The Morgan fingerprint density at radius 3 is 2.62 bits per heavy atom. The smallest absolute Gasteiger partial charge is 0.240 e. The lowest BCUT2D eigenvalue weighted by Gasteiger charge is -2.27. The Hall–Kier alpha value is -2.60. The number of aryl methyl sites for hydroxylation is 1. The largest absolute Gasteiger partial charge is 0.507 e. The van der Waals surface area contributed by atoms with Crippen LogP contribution >= 0.6 is 0 Å². The van der Waals surface area contributed by atoms with Crippen LogP contribution in [0.1, 0.15) is 30.4 Å². The van der Waals surface area contributed by atoms with Gasteiger partial charge < -0.3 is 14.9 Å². The Morgan fingerprint density at radius 2 is 1.86 bits per heavy atom. The number of carbonyl (C=O) groups excluding carboxylic acids is 1. The Kier molecular flexibility index (Phi) is 7.09. The number of aliphatic hydroxyl groups is 1. The number of carbonyl (C=O) groups is 1. The molecular weight excluding hydrogens is 364 g/mol. The fourth-order valence-electron chi connectivity index (χ4n) is 3.72. The van der Waals surface area contributed by atoms with E-state index in [-0.39, 0.29) is 17.7 Å². The zero-order valence-corrected chi connectivity index (χ0v) is 17.7. The maximum absolute atomic E-state index is 12.9. The lowest BCUT2D eigenvalue weighted by Crippen LogP contribution is -2.42. The van der Waals surface area contributed by atoms with E-state index in [1.807, 2.05) is 19.0 Å². The van der Waals surface area contributed by atoms with Crippen molar-refractivity contribution in [3.63, 3.8) is 0 Å². The first-order chi connectivity index (χ1) is 13.9. The molecule has 2 heterocycles. The van der Waals surface area contributed by atoms with Gasteiger partial charge in [-0.05, 0) is 50.9 Å². The molecule has 0 bridgehead atoms. The number of aliphatic hydroxyl groups excluding tert-OH is 1. The normalized spacial score (nSPS) is 24.5. The summed E-state index contributed by atoms with van der Waals surface area (Å²) < 4.78 is 0. The molecule has 0 spiro atoms. The molecule has 1 unspecified atom stereocenters. The van der Waals surface area contributed by atoms with Crippen molar-refractivity contribution in [2.45, 2.75) is 38.8 Å². The van der Waals surface area contributed by atoms with Crippen LogP contribution in [-0.4, -0.2) is 71.7 Å². The summed E-state index contributed by atoms with van der Waals surface area (Å²) in [5.74, 6) is 1.29. The number of nitrogens with zero attached hydrogens (tertiary/aromatic N) is 4. The fraction of sp³-hybridized carbons (Fsp3) is 0.478. The molecule has 1 saturated heterocycles. The monoisotopic (exact) mass is 396 g/mol. The molecule has 3 rings (SSSR count). The van der Waals surface area contributed by atoms with Crippen LogP contribution in [0.25, 0.3) is 0 Å². The second-order valence-corrected chi connectivity index (χ2v) is 7.98. The predicted octanol–water partition coefficient (Wildman–Crippen LogP) is 3.11. The zero-order chi connectivity index (χ0) is 20.8. The molecule has 1 aromatic rings. The Bertz CT molecular complexity index is 798. The van der Waals surface area contributed by atoms with Crippen molar-refractivity contribution in [3.05, 3.63) is 59.1 Å². The van der Waals surface area contributed by atoms with Crippen LogP contribution in [0.3, 0.4) is 0 Å². The highest BCUT2D eigenvalue weighted by Crippen LogP contribution is 2.19. The summed E-state index contributed by atoms with van der Waals surface area (Å²) in [5, 5.41) is 9.66. The van der Waals surface area contributed by atoms with Crippen LogP contribution in [-0.2, 0) is 11.3 Å². The zero-order valence-electron chi connectivity index (χ0n) is 17.7. The number of amides is 1. The van der Waals surface area contributed by atoms with Crippen molar-refractivity contribution in [2.24, 2.45) is 4.99 Å². The molecule has 6 nitrogen and oxygen atoms in total. The Labute approximate surface area is 173 Å². The topological polar surface area (TPSA) is 59.4 Å². The number of hydrogen-bond acceptors (Lipinski definition) is 5. The quantitative estimate of drug-likeness (QED) is 0.769. The minimum absolute atomic E-state index is 0.0596. The number of aliphatic imine (C=N–C) groups is 1. The van der Waals surface area contributed by atoms with Gasteiger partial charge in [-0.15, -0.1) is 0 Å².